The van der Waals surface area contributed by atoms with Crippen molar-refractivity contribution >= 4 is 31.9 Å². The monoisotopic (exact) mass is 381 g/mol. The van der Waals surface area contributed by atoms with Crippen LogP contribution >= 0.6 is 31.9 Å². The van der Waals surface area contributed by atoms with Gasteiger partial charge in [-0.05, 0) is 41.8 Å². The zero-order chi connectivity index (χ0) is 13.7. The van der Waals surface area contributed by atoms with Crippen molar-refractivity contribution in [1.29, 1.82) is 0 Å². The fraction of sp³-hybridized carbons (Fsp3) is 0.250. The third kappa shape index (κ3) is 4.44. The molecular weight excluding hydrogens is 366 g/mol. The Hall–Kier alpha value is -0.640. The molecule has 0 saturated carbocycles. The van der Waals surface area contributed by atoms with Crippen LogP contribution < -0.4 is 5.32 Å². The summed E-state index contributed by atoms with van der Waals surface area (Å²) in [4.78, 5) is 0. The lowest BCUT2D eigenvalue weighted by Crippen LogP contribution is -2.20. The summed E-state index contributed by atoms with van der Waals surface area (Å²) in [5, 5.41) is 3.61. The van der Waals surface area contributed by atoms with E-state index >= 15 is 0 Å². The fourth-order valence-corrected chi connectivity index (χ4v) is 2.56. The van der Waals surface area contributed by atoms with Crippen molar-refractivity contribution in [2.24, 2.45) is 0 Å². The molecule has 19 heavy (non-hydrogen) atoms. The van der Waals surface area contributed by atoms with Gasteiger partial charge >= 0.3 is 0 Å². The van der Waals surface area contributed by atoms with E-state index in [1.54, 1.807) is 0 Å². The first-order chi connectivity index (χ1) is 9.19. The Morgan fingerprint density at radius 1 is 0.895 bits per heavy atom. The van der Waals surface area contributed by atoms with E-state index in [-0.39, 0.29) is 0 Å². The molecule has 0 spiro atoms. The molecule has 2 aromatic rings. The highest BCUT2D eigenvalue weighted by Gasteiger charge is 2.08. The molecule has 0 saturated heterocycles. The van der Waals surface area contributed by atoms with E-state index in [4.69, 9.17) is 0 Å². The van der Waals surface area contributed by atoms with Crippen molar-refractivity contribution in [3.05, 3.63) is 68.6 Å². The molecule has 0 aliphatic carbocycles. The maximum atomic E-state index is 3.61. The Morgan fingerprint density at radius 3 is 1.95 bits per heavy atom. The molecule has 1 nitrogen and oxygen atoms in total. The molecule has 0 bridgehead atoms. The molecule has 0 aliphatic heterocycles. The van der Waals surface area contributed by atoms with Gasteiger partial charge in [-0.2, -0.15) is 0 Å². The van der Waals surface area contributed by atoms with E-state index in [0.717, 1.165) is 21.9 Å². The molecule has 0 radical (unpaired) electrons. The number of benzene rings is 2. The molecule has 0 fully saturated rings. The van der Waals surface area contributed by atoms with Crippen LogP contribution in [0.5, 0.6) is 0 Å². The van der Waals surface area contributed by atoms with Gasteiger partial charge in [-0.25, -0.2) is 0 Å². The molecule has 1 N–H and O–H groups in total. The minimum atomic E-state index is 0.400. The normalized spacial score (nSPS) is 12.4. The first-order valence-electron chi connectivity index (χ1n) is 6.42. The third-order valence-corrected chi connectivity index (χ3v) is 4.20. The summed E-state index contributed by atoms with van der Waals surface area (Å²) in [6.07, 6.45) is 1.08. The number of hydrogen-bond donors (Lipinski definition) is 1. The highest BCUT2D eigenvalue weighted by atomic mass is 79.9. The van der Waals surface area contributed by atoms with Gasteiger partial charge in [-0.3, -0.25) is 0 Å². The van der Waals surface area contributed by atoms with Crippen molar-refractivity contribution in [2.45, 2.75) is 25.9 Å². The molecule has 1 unspecified atom stereocenters. The van der Waals surface area contributed by atoms with Gasteiger partial charge in [-0.1, -0.05) is 63.0 Å². The first-order valence-corrected chi connectivity index (χ1v) is 8.01. The van der Waals surface area contributed by atoms with E-state index in [9.17, 15) is 0 Å². The molecule has 2 aromatic carbocycles. The lowest BCUT2D eigenvalue weighted by Gasteiger charge is -2.17. The van der Waals surface area contributed by atoms with Gasteiger partial charge in [0.2, 0.25) is 0 Å². The maximum Gasteiger partial charge on any atom is 0.0320 e. The minimum Gasteiger partial charge on any atom is -0.306 e. The zero-order valence-electron chi connectivity index (χ0n) is 10.9. The van der Waals surface area contributed by atoms with Crippen LogP contribution in [-0.4, -0.2) is 0 Å². The average molecular weight is 383 g/mol. The van der Waals surface area contributed by atoms with Crippen LogP contribution in [0.25, 0.3) is 0 Å². The molecule has 100 valence electrons. The summed E-state index contributed by atoms with van der Waals surface area (Å²) in [7, 11) is 0. The lowest BCUT2D eigenvalue weighted by molar-refractivity contribution is 0.519. The van der Waals surface area contributed by atoms with Crippen molar-refractivity contribution in [3.8, 4) is 0 Å². The van der Waals surface area contributed by atoms with Gasteiger partial charge in [-0.15, -0.1) is 0 Å². The summed E-state index contributed by atoms with van der Waals surface area (Å²) < 4.78 is 2.25. The number of rotatable bonds is 5. The molecule has 0 aliphatic rings. The molecule has 0 amide bonds. The quantitative estimate of drug-likeness (QED) is 0.724. The second kappa shape index (κ2) is 7.22. The van der Waals surface area contributed by atoms with Gasteiger partial charge in [0.15, 0.2) is 0 Å². The van der Waals surface area contributed by atoms with E-state index in [0.29, 0.717) is 6.04 Å². The lowest BCUT2D eigenvalue weighted by atomic mass is 10.0. The minimum absolute atomic E-state index is 0.400. The number of hydrogen-bond acceptors (Lipinski definition) is 1. The average Bonchev–Trinajstić information content (AvgIpc) is 2.43. The summed E-state index contributed by atoms with van der Waals surface area (Å²) in [6.45, 7) is 3.10. The molecule has 1 atom stereocenters. The maximum absolute atomic E-state index is 3.61. The van der Waals surface area contributed by atoms with Crippen molar-refractivity contribution < 1.29 is 0 Å². The van der Waals surface area contributed by atoms with Gasteiger partial charge in [0, 0.05) is 21.5 Å². The van der Waals surface area contributed by atoms with Crippen LogP contribution in [0.1, 0.15) is 30.5 Å². The largest absolute Gasteiger partial charge is 0.306 e. The Bertz CT molecular complexity index is 505. The SMILES string of the molecule is CCC(NCc1ccc(Br)cc1)c1ccc(Br)cc1. The van der Waals surface area contributed by atoms with E-state index < -0.39 is 0 Å². The second-order valence-electron chi connectivity index (χ2n) is 4.52. The van der Waals surface area contributed by atoms with Gasteiger partial charge < -0.3 is 5.32 Å². The van der Waals surface area contributed by atoms with Gasteiger partial charge in [0.05, 0.1) is 0 Å². The topological polar surface area (TPSA) is 12.0 Å². The highest BCUT2D eigenvalue weighted by Crippen LogP contribution is 2.20. The standard InChI is InChI=1S/C16H17Br2N/c1-2-16(13-5-9-15(18)10-6-13)19-11-12-3-7-14(17)8-4-12/h3-10,16,19H,2,11H2,1H3. The van der Waals surface area contributed by atoms with Crippen LogP contribution in [0.3, 0.4) is 0 Å². The molecule has 3 heteroatoms. The molecule has 2 rings (SSSR count). The highest BCUT2D eigenvalue weighted by molar-refractivity contribution is 9.10. The second-order valence-corrected chi connectivity index (χ2v) is 6.35. The summed E-state index contributed by atoms with van der Waals surface area (Å²) >= 11 is 6.93. The Kier molecular flexibility index (Phi) is 5.61. The van der Waals surface area contributed by atoms with E-state index in [1.165, 1.54) is 11.1 Å². The summed E-state index contributed by atoms with van der Waals surface area (Å²) in [6, 6.07) is 17.4. The van der Waals surface area contributed by atoms with E-state index in [1.807, 2.05) is 0 Å². The van der Waals surface area contributed by atoms with Crippen molar-refractivity contribution in [1.82, 2.24) is 5.32 Å². The zero-order valence-corrected chi connectivity index (χ0v) is 14.0. The third-order valence-electron chi connectivity index (χ3n) is 3.15. The Morgan fingerprint density at radius 2 is 1.42 bits per heavy atom. The van der Waals surface area contributed by atoms with Crippen molar-refractivity contribution in [2.75, 3.05) is 0 Å². The summed E-state index contributed by atoms with van der Waals surface area (Å²) in [5.74, 6) is 0. The number of halogens is 2. The molecule has 0 heterocycles. The predicted octanol–water partition coefficient (Wildman–Crippen LogP) is 5.45. The fourth-order valence-electron chi connectivity index (χ4n) is 2.04. The smallest absolute Gasteiger partial charge is 0.0320 e. The van der Waals surface area contributed by atoms with Crippen LogP contribution in [0.4, 0.5) is 0 Å². The van der Waals surface area contributed by atoms with Gasteiger partial charge in [0.25, 0.3) is 0 Å². The van der Waals surface area contributed by atoms with Gasteiger partial charge in [0.1, 0.15) is 0 Å². The van der Waals surface area contributed by atoms with Crippen LogP contribution in [0.2, 0.25) is 0 Å². The Balaban J connectivity index is 1.99. The molecule has 0 aromatic heterocycles. The van der Waals surface area contributed by atoms with Crippen LogP contribution in [-0.2, 0) is 6.54 Å². The van der Waals surface area contributed by atoms with Crippen LogP contribution in [0.15, 0.2) is 57.5 Å². The van der Waals surface area contributed by atoms with Crippen molar-refractivity contribution in [3.63, 3.8) is 0 Å². The predicted molar refractivity (Wildman–Crippen MR) is 88.2 cm³/mol. The summed E-state index contributed by atoms with van der Waals surface area (Å²) in [5.41, 5.74) is 2.64. The first kappa shape index (κ1) is 14.8. The van der Waals surface area contributed by atoms with Crippen LogP contribution in [0, 0.1) is 0 Å². The van der Waals surface area contributed by atoms with E-state index in [2.05, 4.69) is 92.6 Å². The molecular formula is C16H17Br2N. The number of nitrogens with one attached hydrogen (secondary N) is 1. The Labute approximate surface area is 131 Å².